The van der Waals surface area contributed by atoms with Gasteiger partial charge in [-0.15, -0.1) is 0 Å². The molecule has 0 radical (unpaired) electrons. The molecule has 1 fully saturated rings. The largest absolute Gasteiger partial charge is 0.392 e. The number of aliphatic hydroxyl groups is 1. The van der Waals surface area contributed by atoms with Gasteiger partial charge in [0.2, 0.25) is 10.0 Å². The lowest BCUT2D eigenvalue weighted by molar-refractivity contribution is 0.101. The molecular formula is C14H19NO4S. The van der Waals surface area contributed by atoms with Gasteiger partial charge in [-0.2, -0.15) is 0 Å². The first-order valence-electron chi connectivity index (χ1n) is 6.71. The van der Waals surface area contributed by atoms with Gasteiger partial charge < -0.3 is 5.11 Å². The van der Waals surface area contributed by atoms with Crippen LogP contribution in [0.2, 0.25) is 0 Å². The van der Waals surface area contributed by atoms with E-state index in [1.165, 1.54) is 6.92 Å². The van der Waals surface area contributed by atoms with Gasteiger partial charge in [-0.1, -0.05) is 25.0 Å². The van der Waals surface area contributed by atoms with Crippen molar-refractivity contribution in [2.75, 3.05) is 4.72 Å². The summed E-state index contributed by atoms with van der Waals surface area (Å²) in [6.45, 7) is 1.39. The van der Waals surface area contributed by atoms with Crippen LogP contribution in [0.4, 0.5) is 5.69 Å². The first-order chi connectivity index (χ1) is 9.42. The van der Waals surface area contributed by atoms with Gasteiger partial charge in [0.05, 0.1) is 11.8 Å². The molecule has 1 aliphatic rings. The van der Waals surface area contributed by atoms with E-state index in [1.807, 2.05) is 0 Å². The van der Waals surface area contributed by atoms with Crippen LogP contribution in [0.1, 0.15) is 43.0 Å². The van der Waals surface area contributed by atoms with Crippen LogP contribution in [0.15, 0.2) is 24.3 Å². The van der Waals surface area contributed by atoms with Gasteiger partial charge in [0.25, 0.3) is 0 Å². The summed E-state index contributed by atoms with van der Waals surface area (Å²) in [6, 6.07) is 6.49. The number of rotatable bonds is 4. The summed E-state index contributed by atoms with van der Waals surface area (Å²) < 4.78 is 27.2. The summed E-state index contributed by atoms with van der Waals surface area (Å²) >= 11 is 0. The molecular weight excluding hydrogens is 278 g/mol. The lowest BCUT2D eigenvalue weighted by Gasteiger charge is -2.27. The molecule has 0 saturated heterocycles. The Morgan fingerprint density at radius 2 is 1.90 bits per heavy atom. The molecule has 2 atom stereocenters. The van der Waals surface area contributed by atoms with E-state index < -0.39 is 21.4 Å². The van der Waals surface area contributed by atoms with E-state index in [0.717, 1.165) is 12.8 Å². The highest BCUT2D eigenvalue weighted by atomic mass is 32.2. The van der Waals surface area contributed by atoms with Gasteiger partial charge in [-0.25, -0.2) is 8.42 Å². The number of anilines is 1. The summed E-state index contributed by atoms with van der Waals surface area (Å²) in [5, 5.41) is 9.07. The number of benzene rings is 1. The second-order valence-electron chi connectivity index (χ2n) is 5.14. The Morgan fingerprint density at radius 3 is 2.55 bits per heavy atom. The Balaban J connectivity index is 2.26. The molecule has 5 nitrogen and oxygen atoms in total. The third kappa shape index (κ3) is 3.19. The van der Waals surface area contributed by atoms with Crippen molar-refractivity contribution >= 4 is 21.5 Å². The third-order valence-corrected chi connectivity index (χ3v) is 5.48. The fraction of sp³-hybridized carbons (Fsp3) is 0.500. The highest BCUT2D eigenvalue weighted by Gasteiger charge is 2.34. The predicted octanol–water partition coefficient (Wildman–Crippen LogP) is 1.93. The molecule has 1 aromatic rings. The molecule has 1 saturated carbocycles. The summed E-state index contributed by atoms with van der Waals surface area (Å²) in [6.07, 6.45) is 1.73. The van der Waals surface area contributed by atoms with Gasteiger partial charge in [-0.05, 0) is 31.9 Å². The molecule has 0 aromatic heterocycles. The number of ketones is 1. The average Bonchev–Trinajstić information content (AvgIpc) is 2.39. The highest BCUT2D eigenvalue weighted by Crippen LogP contribution is 2.27. The van der Waals surface area contributed by atoms with E-state index in [2.05, 4.69) is 4.72 Å². The topological polar surface area (TPSA) is 83.5 Å². The molecule has 2 unspecified atom stereocenters. The number of carbonyl (C=O) groups excluding carboxylic acids is 1. The van der Waals surface area contributed by atoms with Crippen LogP contribution in [0, 0.1) is 0 Å². The zero-order chi connectivity index (χ0) is 14.8. The van der Waals surface area contributed by atoms with Crippen LogP contribution in [0.5, 0.6) is 0 Å². The Hall–Kier alpha value is -1.40. The lowest BCUT2D eigenvalue weighted by atomic mass is 9.97. The van der Waals surface area contributed by atoms with Crippen molar-refractivity contribution in [3.63, 3.8) is 0 Å². The summed E-state index contributed by atoms with van der Waals surface area (Å²) in [4.78, 5) is 11.5. The predicted molar refractivity (Wildman–Crippen MR) is 77.3 cm³/mol. The van der Waals surface area contributed by atoms with E-state index in [-0.39, 0.29) is 11.5 Å². The van der Waals surface area contributed by atoms with Crippen LogP contribution in [-0.4, -0.2) is 30.7 Å². The highest BCUT2D eigenvalue weighted by molar-refractivity contribution is 7.93. The standard InChI is InChI=1S/C14H19NO4S/c1-10(16)11-6-2-3-7-12(11)15-20(18,19)14-9-5-4-8-13(14)17/h2-3,6-7,13-15,17H,4-5,8-9H2,1H3. The third-order valence-electron chi connectivity index (χ3n) is 3.62. The van der Waals surface area contributed by atoms with Gasteiger partial charge in [0.1, 0.15) is 5.25 Å². The fourth-order valence-corrected chi connectivity index (χ4v) is 4.21. The first kappa shape index (κ1) is 15.0. The maximum absolute atomic E-state index is 12.4. The van der Waals surface area contributed by atoms with Crippen molar-refractivity contribution in [1.29, 1.82) is 0 Å². The molecule has 20 heavy (non-hydrogen) atoms. The number of hydrogen-bond donors (Lipinski definition) is 2. The maximum Gasteiger partial charge on any atom is 0.238 e. The normalized spacial score (nSPS) is 23.3. The van der Waals surface area contributed by atoms with Gasteiger partial charge in [-0.3, -0.25) is 9.52 Å². The molecule has 0 spiro atoms. The van der Waals surface area contributed by atoms with Crippen LogP contribution in [-0.2, 0) is 10.0 Å². The number of Topliss-reactive ketones (excluding diaryl/α,β-unsaturated/α-hetero) is 1. The lowest BCUT2D eigenvalue weighted by Crippen LogP contribution is -2.40. The number of carbonyl (C=O) groups is 1. The molecule has 0 heterocycles. The Morgan fingerprint density at radius 1 is 1.25 bits per heavy atom. The molecule has 0 aliphatic heterocycles. The van der Waals surface area contributed by atoms with Crippen molar-refractivity contribution in [2.45, 2.75) is 44.0 Å². The minimum atomic E-state index is -3.69. The van der Waals surface area contributed by atoms with E-state index in [4.69, 9.17) is 0 Å². The molecule has 6 heteroatoms. The molecule has 1 aromatic carbocycles. The number of sulfonamides is 1. The smallest absolute Gasteiger partial charge is 0.238 e. The van der Waals surface area contributed by atoms with Crippen LogP contribution < -0.4 is 4.72 Å². The Kier molecular flexibility index (Phi) is 4.45. The minimum absolute atomic E-state index is 0.201. The van der Waals surface area contributed by atoms with Gasteiger partial charge in [0, 0.05) is 5.56 Å². The monoisotopic (exact) mass is 297 g/mol. The minimum Gasteiger partial charge on any atom is -0.392 e. The maximum atomic E-state index is 12.4. The van der Waals surface area contributed by atoms with Crippen LogP contribution in [0.25, 0.3) is 0 Å². The Bertz CT molecular complexity index is 597. The van der Waals surface area contributed by atoms with Crippen LogP contribution >= 0.6 is 0 Å². The number of nitrogens with one attached hydrogen (secondary N) is 1. The Labute approximate surface area is 119 Å². The van der Waals surface area contributed by atoms with Gasteiger partial charge >= 0.3 is 0 Å². The molecule has 110 valence electrons. The SMILES string of the molecule is CC(=O)c1ccccc1NS(=O)(=O)C1CCCCC1O. The number of hydrogen-bond acceptors (Lipinski definition) is 4. The van der Waals surface area contributed by atoms with Crippen molar-refractivity contribution in [1.82, 2.24) is 0 Å². The number of para-hydroxylation sites is 1. The quantitative estimate of drug-likeness (QED) is 0.832. The number of aliphatic hydroxyl groups excluding tert-OH is 1. The van der Waals surface area contributed by atoms with E-state index >= 15 is 0 Å². The summed E-state index contributed by atoms with van der Waals surface area (Å²) in [5.41, 5.74) is 0.610. The van der Waals surface area contributed by atoms with Crippen molar-refractivity contribution < 1.29 is 18.3 Å². The summed E-state index contributed by atoms with van der Waals surface area (Å²) in [5.74, 6) is -0.201. The zero-order valence-electron chi connectivity index (χ0n) is 11.4. The van der Waals surface area contributed by atoms with Crippen molar-refractivity contribution in [3.8, 4) is 0 Å². The van der Waals surface area contributed by atoms with Crippen molar-refractivity contribution in [2.24, 2.45) is 0 Å². The molecule has 0 amide bonds. The van der Waals surface area contributed by atoms with Crippen LogP contribution in [0.3, 0.4) is 0 Å². The molecule has 0 bridgehead atoms. The second kappa shape index (κ2) is 5.93. The zero-order valence-corrected chi connectivity index (χ0v) is 12.2. The first-order valence-corrected chi connectivity index (χ1v) is 8.26. The van der Waals surface area contributed by atoms with Gasteiger partial charge in [0.15, 0.2) is 5.78 Å². The van der Waals surface area contributed by atoms with E-state index in [0.29, 0.717) is 18.4 Å². The molecule has 1 aliphatic carbocycles. The summed E-state index contributed by atoms with van der Waals surface area (Å²) in [7, 11) is -3.69. The second-order valence-corrected chi connectivity index (χ2v) is 7.04. The molecule has 2 N–H and O–H groups in total. The van der Waals surface area contributed by atoms with E-state index in [9.17, 15) is 18.3 Å². The fourth-order valence-electron chi connectivity index (χ4n) is 2.55. The molecule has 2 rings (SSSR count). The van der Waals surface area contributed by atoms with Crippen molar-refractivity contribution in [3.05, 3.63) is 29.8 Å². The average molecular weight is 297 g/mol. The van der Waals surface area contributed by atoms with E-state index in [1.54, 1.807) is 24.3 Å².